The predicted octanol–water partition coefficient (Wildman–Crippen LogP) is 3.91. The maximum Gasteiger partial charge on any atom is 0.226 e. The zero-order valence-electron chi connectivity index (χ0n) is 18.0. The summed E-state index contributed by atoms with van der Waals surface area (Å²) in [6.07, 6.45) is 6.81. The van der Waals surface area contributed by atoms with E-state index in [0.717, 1.165) is 52.3 Å². The number of hydrogen-bond acceptors (Lipinski definition) is 5. The fourth-order valence-corrected chi connectivity index (χ4v) is 3.98. The number of carbonyl (C=O) groups excluding carboxylic acids is 1. The van der Waals surface area contributed by atoms with Gasteiger partial charge in [-0.3, -0.25) is 9.78 Å². The van der Waals surface area contributed by atoms with Gasteiger partial charge in [0, 0.05) is 54.4 Å². The average Bonchev–Trinajstić information content (AvgIpc) is 3.60. The number of fused-ring (bicyclic) bond motifs is 1. The van der Waals surface area contributed by atoms with Gasteiger partial charge in [0.1, 0.15) is 11.6 Å². The van der Waals surface area contributed by atoms with Crippen molar-refractivity contribution < 1.29 is 4.79 Å². The number of nitrogens with one attached hydrogen (secondary N) is 3. The quantitative estimate of drug-likeness (QED) is 0.397. The summed E-state index contributed by atoms with van der Waals surface area (Å²) in [4.78, 5) is 30.1. The summed E-state index contributed by atoms with van der Waals surface area (Å²) in [7, 11) is 1.86. The monoisotopic (exact) mass is 426 g/mol. The van der Waals surface area contributed by atoms with Gasteiger partial charge in [-0.15, -0.1) is 0 Å². The molecule has 0 aliphatic heterocycles. The van der Waals surface area contributed by atoms with Crippen molar-refractivity contribution in [3.63, 3.8) is 0 Å². The molecule has 3 N–H and O–H groups in total. The Kier molecular flexibility index (Phi) is 5.54. The van der Waals surface area contributed by atoms with Crippen molar-refractivity contribution in [1.82, 2.24) is 25.3 Å². The molecule has 1 aromatic carbocycles. The molecule has 0 spiro atoms. The van der Waals surface area contributed by atoms with Crippen LogP contribution in [0.4, 0.5) is 5.82 Å². The van der Waals surface area contributed by atoms with Crippen LogP contribution in [0.3, 0.4) is 0 Å². The highest BCUT2D eigenvalue weighted by Crippen LogP contribution is 2.39. The van der Waals surface area contributed by atoms with Crippen molar-refractivity contribution in [3.05, 3.63) is 83.7 Å². The first-order chi connectivity index (χ1) is 15.7. The fraction of sp³-hybridized carbons (Fsp3) is 0.280. The highest BCUT2D eigenvalue weighted by Gasteiger charge is 2.29. The van der Waals surface area contributed by atoms with Crippen molar-refractivity contribution in [1.29, 1.82) is 0 Å². The Morgan fingerprint density at radius 3 is 2.78 bits per heavy atom. The highest BCUT2D eigenvalue weighted by molar-refractivity contribution is 5.83. The Balaban J connectivity index is 1.47. The molecule has 3 aromatic heterocycles. The molecule has 162 valence electrons. The number of rotatable bonds is 8. The van der Waals surface area contributed by atoms with Crippen LogP contribution in [-0.4, -0.2) is 32.9 Å². The van der Waals surface area contributed by atoms with Gasteiger partial charge in [0.25, 0.3) is 0 Å². The van der Waals surface area contributed by atoms with Crippen LogP contribution < -0.4 is 10.6 Å². The van der Waals surface area contributed by atoms with E-state index in [4.69, 9.17) is 4.98 Å². The van der Waals surface area contributed by atoms with Gasteiger partial charge < -0.3 is 15.6 Å². The summed E-state index contributed by atoms with van der Waals surface area (Å²) in [5.41, 5.74) is 3.79. The number of carbonyl (C=O) groups is 1. The Labute approximate surface area is 186 Å². The molecule has 4 aromatic rings. The molecule has 0 saturated heterocycles. The molecule has 0 unspecified atom stereocenters. The Morgan fingerprint density at radius 1 is 1.16 bits per heavy atom. The molecule has 1 atom stereocenters. The van der Waals surface area contributed by atoms with Crippen LogP contribution >= 0.6 is 0 Å². The lowest BCUT2D eigenvalue weighted by Gasteiger charge is -2.20. The Hall–Kier alpha value is -3.74. The highest BCUT2D eigenvalue weighted by atomic mass is 16.1. The van der Waals surface area contributed by atoms with Gasteiger partial charge in [-0.25, -0.2) is 9.97 Å². The van der Waals surface area contributed by atoms with E-state index in [1.807, 2.05) is 49.6 Å². The third kappa shape index (κ3) is 4.46. The van der Waals surface area contributed by atoms with Gasteiger partial charge in [0.05, 0.1) is 18.2 Å². The number of pyridine rings is 1. The van der Waals surface area contributed by atoms with Gasteiger partial charge in [-0.2, -0.15) is 0 Å². The maximum atomic E-state index is 13.0. The predicted molar refractivity (Wildman–Crippen MR) is 124 cm³/mol. The van der Waals surface area contributed by atoms with E-state index >= 15 is 0 Å². The van der Waals surface area contributed by atoms with Crippen molar-refractivity contribution >= 4 is 22.6 Å². The van der Waals surface area contributed by atoms with Crippen molar-refractivity contribution in [2.45, 2.75) is 37.6 Å². The molecule has 3 heterocycles. The second-order valence-electron chi connectivity index (χ2n) is 8.24. The number of nitrogens with zero attached hydrogens (tertiary/aromatic N) is 3. The molecule has 0 bridgehead atoms. The second-order valence-corrected chi connectivity index (χ2v) is 8.24. The molecule has 5 rings (SSSR count). The zero-order valence-corrected chi connectivity index (χ0v) is 18.0. The summed E-state index contributed by atoms with van der Waals surface area (Å²) in [5.74, 6) is 1.97. The molecule has 7 nitrogen and oxygen atoms in total. The molecule has 7 heteroatoms. The molecule has 1 aliphatic carbocycles. The lowest BCUT2D eigenvalue weighted by molar-refractivity contribution is -0.121. The van der Waals surface area contributed by atoms with Crippen molar-refractivity contribution in [2.75, 3.05) is 12.4 Å². The summed E-state index contributed by atoms with van der Waals surface area (Å²) in [6.45, 7) is 0. The Morgan fingerprint density at radius 2 is 2.00 bits per heavy atom. The number of aromatic amines is 1. The van der Waals surface area contributed by atoms with Crippen LogP contribution in [-0.2, 0) is 17.6 Å². The van der Waals surface area contributed by atoms with Crippen LogP contribution in [0, 0.1) is 0 Å². The number of aromatic nitrogens is 4. The first kappa shape index (κ1) is 20.2. The second kappa shape index (κ2) is 8.78. The maximum absolute atomic E-state index is 13.0. The number of benzene rings is 1. The molecule has 1 fully saturated rings. The summed E-state index contributed by atoms with van der Waals surface area (Å²) < 4.78 is 0. The summed E-state index contributed by atoms with van der Waals surface area (Å²) >= 11 is 0. The number of amides is 1. The third-order valence-electron chi connectivity index (χ3n) is 5.82. The summed E-state index contributed by atoms with van der Waals surface area (Å²) in [6, 6.07) is 15.5. The molecule has 1 saturated carbocycles. The van der Waals surface area contributed by atoms with Crippen molar-refractivity contribution in [2.24, 2.45) is 0 Å². The minimum atomic E-state index is -0.280. The minimum Gasteiger partial charge on any atom is -0.373 e. The van der Waals surface area contributed by atoms with E-state index in [-0.39, 0.29) is 18.4 Å². The normalized spacial score (nSPS) is 14.3. The van der Waals surface area contributed by atoms with Crippen LogP contribution in [0.2, 0.25) is 0 Å². The van der Waals surface area contributed by atoms with E-state index in [1.54, 1.807) is 6.20 Å². The van der Waals surface area contributed by atoms with Gasteiger partial charge in [-0.1, -0.05) is 24.3 Å². The van der Waals surface area contributed by atoms with Crippen molar-refractivity contribution in [3.8, 4) is 0 Å². The van der Waals surface area contributed by atoms with Gasteiger partial charge >= 0.3 is 0 Å². The molecule has 1 aliphatic rings. The van der Waals surface area contributed by atoms with Crippen LogP contribution in [0.25, 0.3) is 10.9 Å². The van der Waals surface area contributed by atoms with E-state index in [0.29, 0.717) is 12.3 Å². The van der Waals surface area contributed by atoms with Crippen LogP contribution in [0.1, 0.15) is 47.6 Å². The number of H-pyrrole nitrogens is 1. The van der Waals surface area contributed by atoms with Gasteiger partial charge in [-0.05, 0) is 36.6 Å². The Bertz CT molecular complexity index is 1230. The molecule has 32 heavy (non-hydrogen) atoms. The summed E-state index contributed by atoms with van der Waals surface area (Å²) in [5, 5.41) is 7.51. The largest absolute Gasteiger partial charge is 0.373 e. The molecule has 1 amide bonds. The van der Waals surface area contributed by atoms with Gasteiger partial charge in [0.15, 0.2) is 0 Å². The average molecular weight is 427 g/mol. The SMILES string of the molecule is CNc1cc([C@H](Cc2c[nH]c3ccccc23)NC(=O)Cc2ccccn2)nc(C2CC2)n1. The zero-order chi connectivity index (χ0) is 21.9. The fourth-order valence-electron chi connectivity index (χ4n) is 3.98. The number of para-hydroxylation sites is 1. The first-order valence-corrected chi connectivity index (χ1v) is 11.0. The lowest BCUT2D eigenvalue weighted by Crippen LogP contribution is -2.32. The van der Waals surface area contributed by atoms with E-state index in [9.17, 15) is 4.79 Å². The van der Waals surface area contributed by atoms with Crippen LogP contribution in [0.5, 0.6) is 0 Å². The van der Waals surface area contributed by atoms with E-state index in [2.05, 4.69) is 37.7 Å². The smallest absolute Gasteiger partial charge is 0.226 e. The third-order valence-corrected chi connectivity index (χ3v) is 5.82. The minimum absolute atomic E-state index is 0.0777. The van der Waals surface area contributed by atoms with Crippen LogP contribution in [0.15, 0.2) is 60.9 Å². The lowest BCUT2D eigenvalue weighted by atomic mass is 10.0. The first-order valence-electron chi connectivity index (χ1n) is 11.0. The molecule has 0 radical (unpaired) electrons. The van der Waals surface area contributed by atoms with Gasteiger partial charge in [0.2, 0.25) is 5.91 Å². The van der Waals surface area contributed by atoms with E-state index in [1.165, 1.54) is 0 Å². The molecular formula is C25H26N6O. The molecular weight excluding hydrogens is 400 g/mol. The standard InChI is InChI=1S/C25H26N6O/c1-26-23-14-22(30-25(31-23)16-9-10-16)21(29-24(32)13-18-6-4-5-11-27-18)12-17-15-28-20-8-3-2-7-19(17)20/h2-8,11,14-16,21,28H,9-10,12-13H2,1H3,(H,29,32)(H,26,30,31)/t21-/m0/s1. The number of anilines is 1. The van der Waals surface area contributed by atoms with E-state index < -0.39 is 0 Å². The number of hydrogen-bond donors (Lipinski definition) is 3. The topological polar surface area (TPSA) is 95.6 Å².